The van der Waals surface area contributed by atoms with E-state index in [1.54, 1.807) is 24.5 Å². The van der Waals surface area contributed by atoms with Crippen molar-refractivity contribution in [2.75, 3.05) is 12.8 Å². The van der Waals surface area contributed by atoms with Gasteiger partial charge in [-0.05, 0) is 66.8 Å². The highest BCUT2D eigenvalue weighted by Crippen LogP contribution is 2.34. The van der Waals surface area contributed by atoms with E-state index in [1.807, 2.05) is 34.7 Å². The van der Waals surface area contributed by atoms with Crippen LogP contribution >= 0.6 is 11.8 Å². The Kier molecular flexibility index (Phi) is 6.40. The quantitative estimate of drug-likeness (QED) is 0.365. The van der Waals surface area contributed by atoms with Crippen LogP contribution in [0.15, 0.2) is 78.2 Å². The maximum absolute atomic E-state index is 13.6. The third-order valence-corrected chi connectivity index (χ3v) is 7.09. The fourth-order valence-electron chi connectivity index (χ4n) is 4.41. The maximum atomic E-state index is 13.6. The highest BCUT2D eigenvalue weighted by molar-refractivity contribution is 7.99. The Morgan fingerprint density at radius 3 is 2.65 bits per heavy atom. The molecule has 2 aromatic heterocycles. The molecule has 1 atom stereocenters. The summed E-state index contributed by atoms with van der Waals surface area (Å²) >= 11 is 1.33. The first-order valence-corrected chi connectivity index (χ1v) is 12.2. The number of benzene rings is 2. The minimum Gasteiger partial charge on any atom is -0.338 e. The smallest absolute Gasteiger partial charge is 0.233 e. The second kappa shape index (κ2) is 9.77. The van der Waals surface area contributed by atoms with Crippen molar-refractivity contribution in [3.8, 4) is 17.1 Å². The van der Waals surface area contributed by atoms with Crippen LogP contribution < -0.4 is 0 Å². The lowest BCUT2D eigenvalue weighted by atomic mass is 9.87. The summed E-state index contributed by atoms with van der Waals surface area (Å²) in [6.45, 7) is 0. The van der Waals surface area contributed by atoms with Gasteiger partial charge in [-0.1, -0.05) is 36.0 Å². The van der Waals surface area contributed by atoms with Crippen LogP contribution in [0.3, 0.4) is 0 Å². The van der Waals surface area contributed by atoms with Crippen molar-refractivity contribution in [3.05, 3.63) is 90.0 Å². The minimum absolute atomic E-state index is 0.0332. The van der Waals surface area contributed by atoms with Crippen molar-refractivity contribution in [3.63, 3.8) is 0 Å². The third kappa shape index (κ3) is 4.46. The van der Waals surface area contributed by atoms with Crippen LogP contribution in [0.2, 0.25) is 0 Å². The van der Waals surface area contributed by atoms with Crippen LogP contribution in [0.5, 0.6) is 0 Å². The van der Waals surface area contributed by atoms with Crippen molar-refractivity contribution in [1.82, 2.24) is 24.6 Å². The summed E-state index contributed by atoms with van der Waals surface area (Å²) in [5.41, 5.74) is 4.12. The first-order chi connectivity index (χ1) is 16.6. The number of aromatic nitrogens is 4. The predicted molar refractivity (Wildman–Crippen MR) is 130 cm³/mol. The number of hydrogen-bond acceptors (Lipinski definition) is 5. The number of nitrogens with zero attached hydrogens (tertiary/aromatic N) is 5. The van der Waals surface area contributed by atoms with E-state index in [9.17, 15) is 9.18 Å². The Labute approximate surface area is 201 Å². The highest BCUT2D eigenvalue weighted by Gasteiger charge is 2.27. The zero-order valence-corrected chi connectivity index (χ0v) is 19.6. The zero-order chi connectivity index (χ0) is 23.5. The molecule has 4 aromatic rings. The van der Waals surface area contributed by atoms with Gasteiger partial charge in [0.25, 0.3) is 0 Å². The van der Waals surface area contributed by atoms with Gasteiger partial charge in [-0.2, -0.15) is 0 Å². The molecule has 0 spiro atoms. The van der Waals surface area contributed by atoms with Gasteiger partial charge in [-0.15, -0.1) is 10.2 Å². The summed E-state index contributed by atoms with van der Waals surface area (Å²) in [5, 5.41) is 9.31. The lowest BCUT2D eigenvalue weighted by molar-refractivity contribution is -0.129. The molecule has 1 aliphatic rings. The molecule has 34 heavy (non-hydrogen) atoms. The summed E-state index contributed by atoms with van der Waals surface area (Å²) in [4.78, 5) is 19.1. The number of rotatable bonds is 6. The van der Waals surface area contributed by atoms with E-state index in [0.29, 0.717) is 11.0 Å². The molecule has 2 aromatic carbocycles. The third-order valence-electron chi connectivity index (χ3n) is 6.18. The van der Waals surface area contributed by atoms with Crippen molar-refractivity contribution in [2.45, 2.75) is 30.5 Å². The molecule has 6 nitrogen and oxygen atoms in total. The number of thioether (sulfide) groups is 1. The first kappa shape index (κ1) is 22.3. The Balaban J connectivity index is 1.39. The summed E-state index contributed by atoms with van der Waals surface area (Å²) in [6, 6.07) is 18.3. The van der Waals surface area contributed by atoms with E-state index < -0.39 is 0 Å². The number of halogens is 1. The Morgan fingerprint density at radius 2 is 1.85 bits per heavy atom. The molecule has 0 bridgehead atoms. The minimum atomic E-state index is -0.318. The van der Waals surface area contributed by atoms with Gasteiger partial charge in [0.2, 0.25) is 5.91 Å². The SMILES string of the molecule is CN(C(=O)CSc1nnc(-c2ccncc2)n1-c1ccc(F)cc1)[C@@H]1CCCc2ccccc21. The summed E-state index contributed by atoms with van der Waals surface area (Å²) < 4.78 is 15.4. The fraction of sp³-hybridized carbons (Fsp3) is 0.231. The molecular formula is C26H24FN5OS. The van der Waals surface area contributed by atoms with Gasteiger partial charge in [-0.3, -0.25) is 14.3 Å². The van der Waals surface area contributed by atoms with E-state index in [1.165, 1.54) is 35.0 Å². The largest absolute Gasteiger partial charge is 0.338 e. The Morgan fingerprint density at radius 1 is 1.09 bits per heavy atom. The molecule has 0 aliphatic heterocycles. The molecule has 0 N–H and O–H groups in total. The van der Waals surface area contributed by atoms with Gasteiger partial charge in [0, 0.05) is 30.7 Å². The van der Waals surface area contributed by atoms with Crippen LogP contribution in [-0.4, -0.2) is 43.4 Å². The number of aryl methyl sites for hydroxylation is 1. The fourth-order valence-corrected chi connectivity index (χ4v) is 5.28. The number of fused-ring (bicyclic) bond motifs is 1. The predicted octanol–water partition coefficient (Wildman–Crippen LogP) is 5.10. The molecule has 5 rings (SSSR count). The Bertz CT molecular complexity index is 1290. The lowest BCUT2D eigenvalue weighted by Crippen LogP contribution is -2.34. The van der Waals surface area contributed by atoms with Gasteiger partial charge in [0.05, 0.1) is 11.8 Å². The molecule has 8 heteroatoms. The number of pyridine rings is 1. The highest BCUT2D eigenvalue weighted by atomic mass is 32.2. The molecular weight excluding hydrogens is 449 g/mol. The van der Waals surface area contributed by atoms with Crippen LogP contribution in [0.1, 0.15) is 30.0 Å². The molecule has 0 radical (unpaired) electrons. The molecule has 1 amide bonds. The number of hydrogen-bond donors (Lipinski definition) is 0. The summed E-state index contributed by atoms with van der Waals surface area (Å²) in [5.74, 6) is 0.551. The van der Waals surface area contributed by atoms with E-state index in [0.717, 1.165) is 30.5 Å². The summed E-state index contributed by atoms with van der Waals surface area (Å²) in [6.07, 6.45) is 6.46. The molecule has 1 aliphatic carbocycles. The van der Waals surface area contributed by atoms with Crippen molar-refractivity contribution in [2.24, 2.45) is 0 Å². The van der Waals surface area contributed by atoms with Crippen molar-refractivity contribution < 1.29 is 9.18 Å². The number of carbonyl (C=O) groups excluding carboxylic acids is 1. The molecule has 0 fully saturated rings. The molecule has 0 saturated carbocycles. The van der Waals surface area contributed by atoms with E-state index in [2.05, 4.69) is 33.4 Å². The lowest BCUT2D eigenvalue weighted by Gasteiger charge is -2.33. The first-order valence-electron chi connectivity index (χ1n) is 11.2. The monoisotopic (exact) mass is 473 g/mol. The average Bonchev–Trinajstić information content (AvgIpc) is 3.31. The van der Waals surface area contributed by atoms with Crippen LogP contribution in [0, 0.1) is 5.82 Å². The van der Waals surface area contributed by atoms with Gasteiger partial charge in [0.15, 0.2) is 11.0 Å². The second-order valence-electron chi connectivity index (χ2n) is 8.25. The van der Waals surface area contributed by atoms with Crippen molar-refractivity contribution in [1.29, 1.82) is 0 Å². The zero-order valence-electron chi connectivity index (χ0n) is 18.8. The van der Waals surface area contributed by atoms with Crippen LogP contribution in [-0.2, 0) is 11.2 Å². The van der Waals surface area contributed by atoms with Gasteiger partial charge >= 0.3 is 0 Å². The standard InChI is InChI=1S/C26H24FN5OS/c1-31(23-8-4-6-18-5-2-3-7-22(18)23)24(33)17-34-26-30-29-25(19-13-15-28-16-14-19)32(26)21-11-9-20(27)10-12-21/h2-3,5,7,9-16,23H,4,6,8,17H2,1H3/t23-/m1/s1. The van der Waals surface area contributed by atoms with E-state index in [4.69, 9.17) is 0 Å². The average molecular weight is 474 g/mol. The van der Waals surface area contributed by atoms with Crippen LogP contribution in [0.25, 0.3) is 17.1 Å². The molecule has 0 saturated heterocycles. The van der Waals surface area contributed by atoms with Crippen LogP contribution in [0.4, 0.5) is 4.39 Å². The summed E-state index contributed by atoms with van der Waals surface area (Å²) in [7, 11) is 1.88. The molecule has 172 valence electrons. The van der Waals surface area contributed by atoms with Gasteiger partial charge in [0.1, 0.15) is 5.82 Å². The van der Waals surface area contributed by atoms with Crippen molar-refractivity contribution >= 4 is 17.7 Å². The second-order valence-corrected chi connectivity index (χ2v) is 9.20. The van der Waals surface area contributed by atoms with E-state index in [-0.39, 0.29) is 23.5 Å². The van der Waals surface area contributed by atoms with Gasteiger partial charge < -0.3 is 4.90 Å². The molecule has 2 heterocycles. The van der Waals surface area contributed by atoms with Gasteiger partial charge in [-0.25, -0.2) is 4.39 Å². The maximum Gasteiger partial charge on any atom is 0.233 e. The number of carbonyl (C=O) groups is 1. The topological polar surface area (TPSA) is 63.9 Å². The number of amides is 1. The van der Waals surface area contributed by atoms with E-state index >= 15 is 0 Å². The normalized spacial score (nSPS) is 15.1. The Hall–Kier alpha value is -3.52. The molecule has 0 unspecified atom stereocenters.